The quantitative estimate of drug-likeness (QED) is 0.886. The molecule has 2 N–H and O–H groups in total. The number of morpholine rings is 1. The molecule has 5 nitrogen and oxygen atoms in total. The molecule has 1 aliphatic rings. The summed E-state index contributed by atoms with van der Waals surface area (Å²) in [4.78, 5) is 11.9. The minimum Gasteiger partial charge on any atom is -0.492 e. The Labute approximate surface area is 127 Å². The molecule has 1 heterocycles. The molecule has 1 saturated heterocycles. The molecule has 0 aromatic heterocycles. The zero-order valence-electron chi connectivity index (χ0n) is 11.4. The summed E-state index contributed by atoms with van der Waals surface area (Å²) < 4.78 is 36.7. The normalized spacial score (nSPS) is 17.8. The van der Waals surface area contributed by atoms with Crippen molar-refractivity contribution < 1.29 is 23.0 Å². The summed E-state index contributed by atoms with van der Waals surface area (Å²) in [6, 6.07) is 1.61. The van der Waals surface area contributed by atoms with Gasteiger partial charge in [-0.25, -0.2) is 8.78 Å². The average molecular weight is 323 g/mol. The third-order valence-electron chi connectivity index (χ3n) is 2.92. The number of hydrogen-bond acceptors (Lipinski definition) is 4. The standard InChI is InChI=1S/C13H16F2N2O3.ClH/c1-19-13-10(15)4-8(14)5-11(13)17-12(18)6-9-7-20-3-2-16-9;/h4-5,9,16H,2-3,6-7H2,1H3,(H,17,18);1H. The first-order valence-electron chi connectivity index (χ1n) is 6.24. The Morgan fingerprint density at radius 1 is 1.52 bits per heavy atom. The molecule has 1 unspecified atom stereocenters. The van der Waals surface area contributed by atoms with E-state index in [1.165, 1.54) is 7.11 Å². The molecule has 0 spiro atoms. The maximum absolute atomic E-state index is 13.5. The largest absolute Gasteiger partial charge is 0.492 e. The Bertz CT molecular complexity index is 497. The molecule has 118 valence electrons. The number of benzene rings is 1. The van der Waals surface area contributed by atoms with Crippen LogP contribution in [-0.2, 0) is 9.53 Å². The summed E-state index contributed by atoms with van der Waals surface area (Å²) >= 11 is 0. The van der Waals surface area contributed by atoms with Crippen molar-refractivity contribution in [2.24, 2.45) is 0 Å². The lowest BCUT2D eigenvalue weighted by Gasteiger charge is -2.23. The molecule has 0 saturated carbocycles. The van der Waals surface area contributed by atoms with Crippen molar-refractivity contribution in [3.63, 3.8) is 0 Å². The second kappa shape index (κ2) is 8.11. The fourth-order valence-corrected chi connectivity index (χ4v) is 2.04. The third kappa shape index (κ3) is 4.80. The highest BCUT2D eigenvalue weighted by Crippen LogP contribution is 2.29. The van der Waals surface area contributed by atoms with E-state index < -0.39 is 11.6 Å². The Kier molecular flexibility index (Phi) is 6.80. The molecule has 1 aromatic carbocycles. The van der Waals surface area contributed by atoms with Crippen molar-refractivity contribution in [2.75, 3.05) is 32.2 Å². The molecule has 0 aliphatic carbocycles. The van der Waals surface area contributed by atoms with Crippen LogP contribution in [0.4, 0.5) is 14.5 Å². The van der Waals surface area contributed by atoms with Gasteiger partial charge in [-0.1, -0.05) is 0 Å². The second-order valence-corrected chi connectivity index (χ2v) is 4.45. The van der Waals surface area contributed by atoms with Gasteiger partial charge in [-0.3, -0.25) is 4.79 Å². The Morgan fingerprint density at radius 3 is 2.90 bits per heavy atom. The fourth-order valence-electron chi connectivity index (χ4n) is 2.04. The van der Waals surface area contributed by atoms with Gasteiger partial charge < -0.3 is 20.1 Å². The molecule has 1 atom stereocenters. The molecule has 0 bridgehead atoms. The molecule has 1 amide bonds. The number of rotatable bonds is 4. The number of halogens is 3. The highest BCUT2D eigenvalue weighted by atomic mass is 35.5. The minimum absolute atomic E-state index is 0. The van der Waals surface area contributed by atoms with Crippen molar-refractivity contribution in [2.45, 2.75) is 12.5 Å². The van der Waals surface area contributed by atoms with Gasteiger partial charge in [-0.05, 0) is 0 Å². The van der Waals surface area contributed by atoms with E-state index >= 15 is 0 Å². The summed E-state index contributed by atoms with van der Waals surface area (Å²) in [7, 11) is 1.25. The van der Waals surface area contributed by atoms with Crippen molar-refractivity contribution in [1.29, 1.82) is 0 Å². The number of hydrogen-bond donors (Lipinski definition) is 2. The van der Waals surface area contributed by atoms with Gasteiger partial charge in [0.1, 0.15) is 5.82 Å². The first-order valence-corrected chi connectivity index (χ1v) is 6.24. The summed E-state index contributed by atoms with van der Waals surface area (Å²) in [6.07, 6.45) is 0.154. The average Bonchev–Trinajstić information content (AvgIpc) is 2.39. The van der Waals surface area contributed by atoms with Crippen LogP contribution in [-0.4, -0.2) is 38.8 Å². The number of amides is 1. The summed E-state index contributed by atoms with van der Waals surface area (Å²) in [5, 5.41) is 5.57. The van der Waals surface area contributed by atoms with Gasteiger partial charge in [-0.15, -0.1) is 12.4 Å². The highest BCUT2D eigenvalue weighted by molar-refractivity contribution is 5.92. The van der Waals surface area contributed by atoms with E-state index in [9.17, 15) is 13.6 Å². The van der Waals surface area contributed by atoms with Gasteiger partial charge in [-0.2, -0.15) is 0 Å². The molecule has 1 fully saturated rings. The minimum atomic E-state index is -0.859. The van der Waals surface area contributed by atoms with Crippen LogP contribution in [0.5, 0.6) is 5.75 Å². The molecule has 21 heavy (non-hydrogen) atoms. The number of methoxy groups -OCH3 is 1. The third-order valence-corrected chi connectivity index (χ3v) is 2.92. The van der Waals surface area contributed by atoms with Gasteiger partial charge in [0.15, 0.2) is 11.6 Å². The molecule has 8 heteroatoms. The molecular weight excluding hydrogens is 306 g/mol. The first kappa shape index (κ1) is 17.6. The zero-order chi connectivity index (χ0) is 14.5. The number of anilines is 1. The number of ether oxygens (including phenoxy) is 2. The number of carbonyl (C=O) groups excluding carboxylic acids is 1. The lowest BCUT2D eigenvalue weighted by Crippen LogP contribution is -2.43. The van der Waals surface area contributed by atoms with Crippen LogP contribution in [0.25, 0.3) is 0 Å². The second-order valence-electron chi connectivity index (χ2n) is 4.45. The summed E-state index contributed by atoms with van der Waals surface area (Å²) in [5.41, 5.74) is -0.0215. The smallest absolute Gasteiger partial charge is 0.226 e. The van der Waals surface area contributed by atoms with Crippen molar-refractivity contribution in [3.05, 3.63) is 23.8 Å². The fraction of sp³-hybridized carbons (Fsp3) is 0.462. The van der Waals surface area contributed by atoms with Crippen molar-refractivity contribution in [3.8, 4) is 5.75 Å². The molecule has 1 aromatic rings. The van der Waals surface area contributed by atoms with Crippen molar-refractivity contribution in [1.82, 2.24) is 5.32 Å². The van der Waals surface area contributed by atoms with Crippen LogP contribution in [0.15, 0.2) is 12.1 Å². The zero-order valence-corrected chi connectivity index (χ0v) is 12.3. The van der Waals surface area contributed by atoms with Crippen LogP contribution in [0.1, 0.15) is 6.42 Å². The predicted octanol–water partition coefficient (Wildman–Crippen LogP) is 1.71. The maximum atomic E-state index is 13.5. The number of carbonyl (C=O) groups is 1. The van der Waals surface area contributed by atoms with Gasteiger partial charge >= 0.3 is 0 Å². The van der Waals surface area contributed by atoms with E-state index in [-0.39, 0.29) is 42.2 Å². The highest BCUT2D eigenvalue weighted by Gasteiger charge is 2.19. The predicted molar refractivity (Wildman–Crippen MR) is 76.0 cm³/mol. The number of nitrogens with one attached hydrogen (secondary N) is 2. The van der Waals surface area contributed by atoms with E-state index in [1.807, 2.05) is 0 Å². The lowest BCUT2D eigenvalue weighted by molar-refractivity contribution is -0.117. The first-order chi connectivity index (χ1) is 9.60. The topological polar surface area (TPSA) is 59.6 Å². The van der Waals surface area contributed by atoms with E-state index in [0.29, 0.717) is 25.8 Å². The van der Waals surface area contributed by atoms with Crippen molar-refractivity contribution >= 4 is 24.0 Å². The Hall–Kier alpha value is -1.44. The van der Waals surface area contributed by atoms with Crippen LogP contribution in [0, 0.1) is 11.6 Å². The van der Waals surface area contributed by atoms with Gasteiger partial charge in [0.05, 0.1) is 26.0 Å². The monoisotopic (exact) mass is 322 g/mol. The van der Waals surface area contributed by atoms with E-state index in [2.05, 4.69) is 10.6 Å². The van der Waals surface area contributed by atoms with Gasteiger partial charge in [0.2, 0.25) is 5.91 Å². The van der Waals surface area contributed by atoms with E-state index in [0.717, 1.165) is 6.07 Å². The molecular formula is C13H17ClF2N2O3. The SMILES string of the molecule is COc1c(F)cc(F)cc1NC(=O)CC1COCCN1.Cl. The molecule has 0 radical (unpaired) electrons. The van der Waals surface area contributed by atoms with Gasteiger partial charge in [0.25, 0.3) is 0 Å². The lowest BCUT2D eigenvalue weighted by atomic mass is 10.2. The van der Waals surface area contributed by atoms with E-state index in [4.69, 9.17) is 9.47 Å². The maximum Gasteiger partial charge on any atom is 0.226 e. The Balaban J connectivity index is 0.00000220. The molecule has 1 aliphatic heterocycles. The summed E-state index contributed by atoms with van der Waals surface area (Å²) in [5.74, 6) is -2.19. The molecule has 2 rings (SSSR count). The van der Waals surface area contributed by atoms with Crippen LogP contribution in [0.3, 0.4) is 0 Å². The van der Waals surface area contributed by atoms with E-state index in [1.54, 1.807) is 0 Å². The van der Waals surface area contributed by atoms with Gasteiger partial charge in [0, 0.05) is 31.1 Å². The van der Waals surface area contributed by atoms with Crippen LogP contribution >= 0.6 is 12.4 Å². The Morgan fingerprint density at radius 2 is 2.29 bits per heavy atom. The summed E-state index contributed by atoms with van der Waals surface area (Å²) in [6.45, 7) is 1.72. The van der Waals surface area contributed by atoms with Crippen LogP contribution < -0.4 is 15.4 Å². The van der Waals surface area contributed by atoms with Crippen LogP contribution in [0.2, 0.25) is 0 Å².